The lowest BCUT2D eigenvalue weighted by atomic mass is 9.44. The number of nitrogens with two attached hydrogens (primary N) is 1. The van der Waals surface area contributed by atoms with Crippen LogP contribution in [0.2, 0.25) is 0 Å². The van der Waals surface area contributed by atoms with E-state index in [1.165, 1.54) is 19.3 Å². The van der Waals surface area contributed by atoms with Crippen LogP contribution in [0.5, 0.6) is 0 Å². The normalized spacial score (nSPS) is 47.1. The Balaban J connectivity index is 1.76. The monoisotopic (exact) mass is 250 g/mol. The largest absolute Gasteiger partial charge is 0.354 e. The summed E-state index contributed by atoms with van der Waals surface area (Å²) in [6, 6.07) is 0.0541. The van der Waals surface area contributed by atoms with E-state index >= 15 is 0 Å². The highest BCUT2D eigenvalue weighted by Crippen LogP contribution is 2.65. The van der Waals surface area contributed by atoms with Gasteiger partial charge in [0.15, 0.2) is 0 Å². The number of hydrogen-bond acceptors (Lipinski definition) is 2. The van der Waals surface area contributed by atoms with Crippen LogP contribution in [0, 0.1) is 22.7 Å². The molecule has 3 N–H and O–H groups in total. The van der Waals surface area contributed by atoms with E-state index in [1.807, 2.05) is 6.92 Å². The molecule has 4 bridgehead atoms. The Labute approximate surface area is 110 Å². The summed E-state index contributed by atoms with van der Waals surface area (Å²) in [6.45, 7) is 4.96. The van der Waals surface area contributed by atoms with Gasteiger partial charge in [-0.3, -0.25) is 4.79 Å². The molecule has 3 atom stereocenters. The zero-order valence-corrected chi connectivity index (χ0v) is 11.7. The Morgan fingerprint density at radius 3 is 2.44 bits per heavy atom. The molecule has 0 radical (unpaired) electrons. The Kier molecular flexibility index (Phi) is 2.74. The average molecular weight is 250 g/mol. The van der Waals surface area contributed by atoms with Crippen LogP contribution in [0.3, 0.4) is 0 Å². The summed E-state index contributed by atoms with van der Waals surface area (Å²) in [5.41, 5.74) is 6.14. The Morgan fingerprint density at radius 2 is 1.94 bits per heavy atom. The molecule has 3 unspecified atom stereocenters. The molecule has 0 aliphatic heterocycles. The molecule has 1 amide bonds. The summed E-state index contributed by atoms with van der Waals surface area (Å²) in [6.07, 6.45) is 7.45. The number of carbonyl (C=O) groups is 1. The standard InChI is InChI=1S/C15H26N2O/c1-10(16)8-17-13(18)15-6-11-3-12(7-15)5-14(2,4-11)9-15/h10-12H,3-9,16H2,1-2H3,(H,17,18). The topological polar surface area (TPSA) is 55.1 Å². The molecule has 4 aliphatic carbocycles. The second-order valence-corrected chi connectivity index (χ2v) is 7.74. The minimum absolute atomic E-state index is 0.0479. The Bertz CT molecular complexity index is 350. The maximum atomic E-state index is 12.6. The van der Waals surface area contributed by atoms with Gasteiger partial charge in [0.1, 0.15) is 0 Å². The van der Waals surface area contributed by atoms with Gasteiger partial charge in [-0.25, -0.2) is 0 Å². The second-order valence-electron chi connectivity index (χ2n) is 7.74. The first kappa shape index (κ1) is 12.5. The van der Waals surface area contributed by atoms with E-state index in [9.17, 15) is 4.79 Å². The predicted molar refractivity (Wildman–Crippen MR) is 71.9 cm³/mol. The van der Waals surface area contributed by atoms with Crippen molar-refractivity contribution in [2.45, 2.75) is 58.4 Å². The van der Waals surface area contributed by atoms with Crippen molar-refractivity contribution in [3.63, 3.8) is 0 Å². The van der Waals surface area contributed by atoms with Crippen molar-refractivity contribution in [1.82, 2.24) is 5.32 Å². The fraction of sp³-hybridized carbons (Fsp3) is 0.933. The first-order chi connectivity index (χ1) is 8.41. The van der Waals surface area contributed by atoms with Crippen molar-refractivity contribution < 1.29 is 4.79 Å². The molecular weight excluding hydrogens is 224 g/mol. The molecule has 3 nitrogen and oxygen atoms in total. The molecule has 102 valence electrons. The fourth-order valence-corrected chi connectivity index (χ4v) is 5.43. The van der Waals surface area contributed by atoms with E-state index in [0.717, 1.165) is 31.1 Å². The van der Waals surface area contributed by atoms with Gasteiger partial charge in [-0.1, -0.05) is 6.92 Å². The van der Waals surface area contributed by atoms with Gasteiger partial charge >= 0.3 is 0 Å². The van der Waals surface area contributed by atoms with Crippen molar-refractivity contribution in [3.05, 3.63) is 0 Å². The average Bonchev–Trinajstić information content (AvgIpc) is 2.22. The molecule has 0 aromatic heterocycles. The summed E-state index contributed by atoms with van der Waals surface area (Å²) in [4.78, 5) is 12.6. The van der Waals surface area contributed by atoms with E-state index in [2.05, 4.69) is 12.2 Å². The number of hydrogen-bond donors (Lipinski definition) is 2. The molecule has 18 heavy (non-hydrogen) atoms. The molecule has 4 fully saturated rings. The van der Waals surface area contributed by atoms with Gasteiger partial charge in [-0.2, -0.15) is 0 Å². The Morgan fingerprint density at radius 1 is 1.33 bits per heavy atom. The first-order valence-electron chi connectivity index (χ1n) is 7.45. The van der Waals surface area contributed by atoms with Crippen molar-refractivity contribution in [2.24, 2.45) is 28.4 Å². The van der Waals surface area contributed by atoms with Gasteiger partial charge in [0, 0.05) is 12.6 Å². The van der Waals surface area contributed by atoms with Gasteiger partial charge in [0.25, 0.3) is 0 Å². The first-order valence-corrected chi connectivity index (χ1v) is 7.45. The molecular formula is C15H26N2O. The smallest absolute Gasteiger partial charge is 0.226 e. The van der Waals surface area contributed by atoms with E-state index in [1.54, 1.807) is 0 Å². The third kappa shape index (κ3) is 1.97. The third-order valence-corrected chi connectivity index (χ3v) is 5.42. The van der Waals surface area contributed by atoms with Gasteiger partial charge in [0.2, 0.25) is 5.91 Å². The van der Waals surface area contributed by atoms with Gasteiger partial charge in [-0.05, 0) is 62.7 Å². The number of nitrogens with one attached hydrogen (secondary N) is 1. The van der Waals surface area contributed by atoms with Crippen LogP contribution in [0.15, 0.2) is 0 Å². The van der Waals surface area contributed by atoms with Crippen LogP contribution in [0.4, 0.5) is 0 Å². The van der Waals surface area contributed by atoms with Crippen LogP contribution in [-0.2, 0) is 4.79 Å². The van der Waals surface area contributed by atoms with Crippen molar-refractivity contribution >= 4 is 5.91 Å². The molecule has 3 heteroatoms. The second kappa shape index (κ2) is 3.96. The van der Waals surface area contributed by atoms with Crippen LogP contribution < -0.4 is 11.1 Å². The lowest BCUT2D eigenvalue weighted by Crippen LogP contribution is -2.57. The molecule has 0 aromatic carbocycles. The predicted octanol–water partition coefficient (Wildman–Crippen LogP) is 2.06. The summed E-state index contributed by atoms with van der Waals surface area (Å²) in [5.74, 6) is 1.90. The van der Waals surface area contributed by atoms with Gasteiger partial charge < -0.3 is 11.1 Å². The van der Waals surface area contributed by atoms with Crippen LogP contribution in [0.1, 0.15) is 52.4 Å². The maximum absolute atomic E-state index is 12.6. The van der Waals surface area contributed by atoms with E-state index in [4.69, 9.17) is 5.73 Å². The van der Waals surface area contributed by atoms with E-state index in [0.29, 0.717) is 17.9 Å². The molecule has 4 rings (SSSR count). The molecule has 0 saturated heterocycles. The highest BCUT2D eigenvalue weighted by molar-refractivity contribution is 5.83. The molecule has 4 aliphatic rings. The van der Waals surface area contributed by atoms with Crippen molar-refractivity contribution in [1.29, 1.82) is 0 Å². The molecule has 0 heterocycles. The molecule has 4 saturated carbocycles. The SMILES string of the molecule is CC(N)CNC(=O)C12CC3CC(CC(C)(C3)C1)C2. The summed E-state index contributed by atoms with van der Waals surface area (Å²) in [5, 5.41) is 3.09. The van der Waals surface area contributed by atoms with E-state index < -0.39 is 0 Å². The maximum Gasteiger partial charge on any atom is 0.226 e. The quantitative estimate of drug-likeness (QED) is 0.805. The highest BCUT2D eigenvalue weighted by Gasteiger charge is 2.58. The van der Waals surface area contributed by atoms with Crippen molar-refractivity contribution in [3.8, 4) is 0 Å². The summed E-state index contributed by atoms with van der Waals surface area (Å²) >= 11 is 0. The van der Waals surface area contributed by atoms with Crippen molar-refractivity contribution in [2.75, 3.05) is 6.54 Å². The van der Waals surface area contributed by atoms with Gasteiger partial charge in [-0.15, -0.1) is 0 Å². The minimum atomic E-state index is -0.0479. The number of rotatable bonds is 3. The lowest BCUT2D eigenvalue weighted by Gasteiger charge is -2.60. The lowest BCUT2D eigenvalue weighted by molar-refractivity contribution is -0.155. The van der Waals surface area contributed by atoms with Crippen LogP contribution in [0.25, 0.3) is 0 Å². The fourth-order valence-electron chi connectivity index (χ4n) is 5.43. The molecule has 0 spiro atoms. The summed E-state index contributed by atoms with van der Waals surface area (Å²) in [7, 11) is 0. The number of carbonyl (C=O) groups excluding carboxylic acids is 1. The zero-order chi connectivity index (χ0) is 13.0. The highest BCUT2D eigenvalue weighted by atomic mass is 16.2. The third-order valence-electron chi connectivity index (χ3n) is 5.42. The Hall–Kier alpha value is -0.570. The number of amides is 1. The summed E-state index contributed by atoms with van der Waals surface area (Å²) < 4.78 is 0. The van der Waals surface area contributed by atoms with Crippen LogP contribution in [-0.4, -0.2) is 18.5 Å². The zero-order valence-electron chi connectivity index (χ0n) is 11.7. The minimum Gasteiger partial charge on any atom is -0.354 e. The van der Waals surface area contributed by atoms with Crippen LogP contribution >= 0.6 is 0 Å². The van der Waals surface area contributed by atoms with Gasteiger partial charge in [0.05, 0.1) is 5.41 Å². The molecule has 0 aromatic rings. The van der Waals surface area contributed by atoms with E-state index in [-0.39, 0.29) is 11.5 Å².